The van der Waals surface area contributed by atoms with Crippen molar-refractivity contribution in [3.8, 4) is 0 Å². The van der Waals surface area contributed by atoms with Gasteiger partial charge in [-0.1, -0.05) is 12.1 Å². The number of rotatable bonds is 3. The highest BCUT2D eigenvalue weighted by Crippen LogP contribution is 2.08. The van der Waals surface area contributed by atoms with E-state index in [1.165, 1.54) is 6.92 Å². The lowest BCUT2D eigenvalue weighted by atomic mass is 10.2. The van der Waals surface area contributed by atoms with Crippen LogP contribution in [0, 0.1) is 0 Å². The predicted octanol–water partition coefficient (Wildman–Crippen LogP) is 0.673. The normalized spacial score (nSPS) is 9.57. The molecule has 1 rings (SSSR count). The molecule has 14 heavy (non-hydrogen) atoms. The summed E-state index contributed by atoms with van der Waals surface area (Å²) in [6.45, 7) is 1.69. The van der Waals surface area contributed by atoms with E-state index in [0.29, 0.717) is 12.2 Å². The number of anilines is 1. The number of carbonyl (C=O) groups is 2. The van der Waals surface area contributed by atoms with Crippen LogP contribution in [0.2, 0.25) is 0 Å². The molecule has 0 aliphatic carbocycles. The van der Waals surface area contributed by atoms with Crippen LogP contribution in [0.25, 0.3) is 0 Å². The Morgan fingerprint density at radius 1 is 1.29 bits per heavy atom. The van der Waals surface area contributed by atoms with E-state index in [1.807, 2.05) is 0 Å². The standard InChI is InChI=1S/C10H12N2O2/c1-7(13)10(14)12-9-4-2-8(6-11)3-5-9/h2-5H,6,11H2,1H3,(H,12,14). The third-order valence-electron chi connectivity index (χ3n) is 1.77. The molecule has 4 heteroatoms. The van der Waals surface area contributed by atoms with Gasteiger partial charge in [-0.15, -0.1) is 0 Å². The van der Waals surface area contributed by atoms with Crippen molar-refractivity contribution >= 4 is 17.4 Å². The highest BCUT2D eigenvalue weighted by atomic mass is 16.2. The molecule has 0 aliphatic rings. The van der Waals surface area contributed by atoms with Crippen molar-refractivity contribution in [3.05, 3.63) is 29.8 Å². The Morgan fingerprint density at radius 3 is 2.29 bits per heavy atom. The van der Waals surface area contributed by atoms with Gasteiger partial charge in [0.15, 0.2) is 0 Å². The number of ketones is 1. The van der Waals surface area contributed by atoms with E-state index < -0.39 is 11.7 Å². The number of carbonyl (C=O) groups excluding carboxylic acids is 2. The van der Waals surface area contributed by atoms with Crippen molar-refractivity contribution in [1.82, 2.24) is 0 Å². The van der Waals surface area contributed by atoms with Gasteiger partial charge in [0.2, 0.25) is 5.78 Å². The van der Waals surface area contributed by atoms with Crippen LogP contribution in [-0.2, 0) is 16.1 Å². The Labute approximate surface area is 82.1 Å². The van der Waals surface area contributed by atoms with Crippen LogP contribution in [0.4, 0.5) is 5.69 Å². The summed E-state index contributed by atoms with van der Waals surface area (Å²) < 4.78 is 0. The van der Waals surface area contributed by atoms with Crippen LogP contribution in [0.15, 0.2) is 24.3 Å². The minimum absolute atomic E-state index is 0.459. The van der Waals surface area contributed by atoms with Crippen LogP contribution < -0.4 is 11.1 Å². The number of hydrogen-bond donors (Lipinski definition) is 2. The van der Waals surface area contributed by atoms with Gasteiger partial charge < -0.3 is 11.1 Å². The van der Waals surface area contributed by atoms with Crippen molar-refractivity contribution in [2.24, 2.45) is 5.73 Å². The molecule has 0 spiro atoms. The predicted molar refractivity (Wildman–Crippen MR) is 53.6 cm³/mol. The zero-order chi connectivity index (χ0) is 10.6. The highest BCUT2D eigenvalue weighted by molar-refractivity contribution is 6.39. The highest BCUT2D eigenvalue weighted by Gasteiger charge is 2.06. The number of hydrogen-bond acceptors (Lipinski definition) is 3. The molecule has 1 amide bonds. The Balaban J connectivity index is 2.69. The average molecular weight is 192 g/mol. The fourth-order valence-electron chi connectivity index (χ4n) is 0.943. The molecule has 1 aromatic rings. The zero-order valence-electron chi connectivity index (χ0n) is 7.91. The van der Waals surface area contributed by atoms with Crippen LogP contribution >= 0.6 is 0 Å². The van der Waals surface area contributed by atoms with E-state index in [-0.39, 0.29) is 0 Å². The fourth-order valence-corrected chi connectivity index (χ4v) is 0.943. The maximum absolute atomic E-state index is 11.0. The van der Waals surface area contributed by atoms with E-state index >= 15 is 0 Å². The minimum atomic E-state index is -0.606. The first-order valence-corrected chi connectivity index (χ1v) is 4.24. The molecule has 0 unspecified atom stereocenters. The lowest BCUT2D eigenvalue weighted by Gasteiger charge is -2.03. The SMILES string of the molecule is CC(=O)C(=O)Nc1ccc(CN)cc1. The molecule has 0 bridgehead atoms. The number of Topliss-reactive ketones (excluding diaryl/α,β-unsaturated/α-hetero) is 1. The number of amides is 1. The largest absolute Gasteiger partial charge is 0.326 e. The molecule has 0 saturated heterocycles. The Kier molecular flexibility index (Phi) is 3.36. The summed E-state index contributed by atoms with van der Waals surface area (Å²) in [6, 6.07) is 7.03. The van der Waals surface area contributed by atoms with Crippen LogP contribution in [0.3, 0.4) is 0 Å². The summed E-state index contributed by atoms with van der Waals surface area (Å²) in [4.78, 5) is 21.6. The van der Waals surface area contributed by atoms with Gasteiger partial charge in [-0.05, 0) is 17.7 Å². The van der Waals surface area contributed by atoms with E-state index in [4.69, 9.17) is 5.73 Å². The lowest BCUT2D eigenvalue weighted by molar-refractivity contribution is -0.133. The van der Waals surface area contributed by atoms with Gasteiger partial charge in [-0.25, -0.2) is 0 Å². The molecule has 4 nitrogen and oxygen atoms in total. The first-order chi connectivity index (χ1) is 6.63. The molecule has 0 aromatic heterocycles. The van der Waals surface area contributed by atoms with Gasteiger partial charge in [0.1, 0.15) is 0 Å². The number of benzene rings is 1. The first kappa shape index (κ1) is 10.4. The summed E-state index contributed by atoms with van der Waals surface area (Å²) in [5, 5.41) is 2.46. The molecule has 0 fully saturated rings. The van der Waals surface area contributed by atoms with Crippen molar-refractivity contribution in [2.45, 2.75) is 13.5 Å². The number of nitrogens with two attached hydrogens (primary N) is 1. The Bertz CT molecular complexity index is 344. The molecule has 74 valence electrons. The third-order valence-corrected chi connectivity index (χ3v) is 1.77. The maximum atomic E-state index is 11.0. The fraction of sp³-hybridized carbons (Fsp3) is 0.200. The monoisotopic (exact) mass is 192 g/mol. The zero-order valence-corrected chi connectivity index (χ0v) is 7.91. The third kappa shape index (κ3) is 2.67. The molecule has 0 radical (unpaired) electrons. The molecular formula is C10H12N2O2. The number of nitrogens with one attached hydrogen (secondary N) is 1. The average Bonchev–Trinajstić information content (AvgIpc) is 2.19. The summed E-state index contributed by atoms with van der Waals surface area (Å²) >= 11 is 0. The van der Waals surface area contributed by atoms with Gasteiger partial charge in [-0.2, -0.15) is 0 Å². The second-order valence-corrected chi connectivity index (χ2v) is 2.91. The van der Waals surface area contributed by atoms with Crippen LogP contribution in [0.1, 0.15) is 12.5 Å². The van der Waals surface area contributed by atoms with E-state index in [2.05, 4.69) is 5.32 Å². The maximum Gasteiger partial charge on any atom is 0.291 e. The van der Waals surface area contributed by atoms with Crippen LogP contribution in [0.5, 0.6) is 0 Å². The lowest BCUT2D eigenvalue weighted by Crippen LogP contribution is -2.19. The second kappa shape index (κ2) is 4.53. The first-order valence-electron chi connectivity index (χ1n) is 4.24. The van der Waals surface area contributed by atoms with Crippen molar-refractivity contribution in [1.29, 1.82) is 0 Å². The summed E-state index contributed by atoms with van der Waals surface area (Å²) in [6.07, 6.45) is 0. The van der Waals surface area contributed by atoms with Gasteiger partial charge in [0.05, 0.1) is 0 Å². The second-order valence-electron chi connectivity index (χ2n) is 2.91. The molecule has 0 saturated carbocycles. The summed E-state index contributed by atoms with van der Waals surface area (Å²) in [7, 11) is 0. The van der Waals surface area contributed by atoms with E-state index in [0.717, 1.165) is 5.56 Å². The minimum Gasteiger partial charge on any atom is -0.326 e. The van der Waals surface area contributed by atoms with Crippen molar-refractivity contribution in [3.63, 3.8) is 0 Å². The van der Waals surface area contributed by atoms with E-state index in [1.54, 1.807) is 24.3 Å². The van der Waals surface area contributed by atoms with Gasteiger partial charge in [0.25, 0.3) is 5.91 Å². The Morgan fingerprint density at radius 2 is 1.86 bits per heavy atom. The molecule has 0 atom stereocenters. The quantitative estimate of drug-likeness (QED) is 0.691. The Hall–Kier alpha value is -1.68. The van der Waals surface area contributed by atoms with Crippen molar-refractivity contribution in [2.75, 3.05) is 5.32 Å². The topological polar surface area (TPSA) is 72.2 Å². The molecule has 1 aromatic carbocycles. The summed E-state index contributed by atoms with van der Waals surface area (Å²) in [5.74, 6) is -1.11. The molecular weight excluding hydrogens is 180 g/mol. The summed E-state index contributed by atoms with van der Waals surface area (Å²) in [5.41, 5.74) is 6.98. The van der Waals surface area contributed by atoms with Gasteiger partial charge in [0, 0.05) is 19.2 Å². The molecule has 0 aliphatic heterocycles. The van der Waals surface area contributed by atoms with Crippen LogP contribution in [-0.4, -0.2) is 11.7 Å². The van der Waals surface area contributed by atoms with E-state index in [9.17, 15) is 9.59 Å². The molecule has 0 heterocycles. The van der Waals surface area contributed by atoms with Gasteiger partial charge >= 0.3 is 0 Å². The van der Waals surface area contributed by atoms with Crippen molar-refractivity contribution < 1.29 is 9.59 Å². The smallest absolute Gasteiger partial charge is 0.291 e. The van der Waals surface area contributed by atoms with Gasteiger partial charge in [-0.3, -0.25) is 9.59 Å². The molecule has 3 N–H and O–H groups in total.